The predicted octanol–water partition coefficient (Wildman–Crippen LogP) is 3.20. The molecule has 1 aromatic carbocycles. The van der Waals surface area contributed by atoms with Crippen molar-refractivity contribution in [3.05, 3.63) is 47.7 Å². The SMILES string of the molecule is CCc1ccccc1-c1ccc(N)nc1C. The van der Waals surface area contributed by atoms with E-state index < -0.39 is 0 Å². The first-order valence-corrected chi connectivity index (χ1v) is 5.53. The molecule has 2 rings (SSSR count). The molecular weight excluding hydrogens is 196 g/mol. The standard InChI is InChI=1S/C14H16N2/c1-3-11-6-4-5-7-13(11)12-8-9-14(15)16-10(12)2/h4-9H,3H2,1-2H3,(H2,15,16). The molecule has 1 aromatic heterocycles. The molecule has 1 heterocycles. The Bertz CT molecular complexity index is 504. The molecule has 0 amide bonds. The number of rotatable bonds is 2. The van der Waals surface area contributed by atoms with Gasteiger partial charge in [0.15, 0.2) is 0 Å². The lowest BCUT2D eigenvalue weighted by molar-refractivity contribution is 1.13. The van der Waals surface area contributed by atoms with E-state index in [0.29, 0.717) is 5.82 Å². The maximum Gasteiger partial charge on any atom is 0.123 e. The maximum atomic E-state index is 5.67. The molecule has 0 aliphatic carbocycles. The van der Waals surface area contributed by atoms with Gasteiger partial charge in [-0.3, -0.25) is 0 Å². The van der Waals surface area contributed by atoms with Crippen LogP contribution < -0.4 is 5.73 Å². The zero-order chi connectivity index (χ0) is 11.5. The molecule has 0 aliphatic heterocycles. The summed E-state index contributed by atoms with van der Waals surface area (Å²) in [6.07, 6.45) is 1.03. The third kappa shape index (κ3) is 1.91. The van der Waals surface area contributed by atoms with Crippen molar-refractivity contribution in [3.63, 3.8) is 0 Å². The summed E-state index contributed by atoms with van der Waals surface area (Å²) in [7, 11) is 0. The minimum absolute atomic E-state index is 0.579. The van der Waals surface area contributed by atoms with Crippen molar-refractivity contribution >= 4 is 5.82 Å². The van der Waals surface area contributed by atoms with Crippen molar-refractivity contribution in [2.75, 3.05) is 5.73 Å². The quantitative estimate of drug-likeness (QED) is 0.830. The third-order valence-corrected chi connectivity index (χ3v) is 2.80. The molecule has 0 bridgehead atoms. The van der Waals surface area contributed by atoms with Crippen molar-refractivity contribution in [3.8, 4) is 11.1 Å². The molecule has 0 unspecified atom stereocenters. The van der Waals surface area contributed by atoms with Crippen LogP contribution in [-0.2, 0) is 6.42 Å². The number of aromatic nitrogens is 1. The van der Waals surface area contributed by atoms with E-state index in [1.54, 1.807) is 0 Å². The molecule has 2 N–H and O–H groups in total. The molecule has 2 aromatic rings. The van der Waals surface area contributed by atoms with Gasteiger partial charge in [0.05, 0.1) is 0 Å². The van der Waals surface area contributed by atoms with Gasteiger partial charge in [-0.05, 0) is 36.6 Å². The van der Waals surface area contributed by atoms with Crippen LogP contribution in [0.3, 0.4) is 0 Å². The molecule has 2 heteroatoms. The number of nitrogens with two attached hydrogens (primary N) is 1. The minimum atomic E-state index is 0.579. The van der Waals surface area contributed by atoms with Crippen molar-refractivity contribution in [2.24, 2.45) is 0 Å². The van der Waals surface area contributed by atoms with E-state index in [2.05, 4.69) is 36.2 Å². The Labute approximate surface area is 96.1 Å². The number of pyridine rings is 1. The lowest BCUT2D eigenvalue weighted by Gasteiger charge is -2.10. The predicted molar refractivity (Wildman–Crippen MR) is 68.2 cm³/mol. The van der Waals surface area contributed by atoms with Gasteiger partial charge in [-0.2, -0.15) is 0 Å². The lowest BCUT2D eigenvalue weighted by Crippen LogP contribution is -1.96. The van der Waals surface area contributed by atoms with Gasteiger partial charge < -0.3 is 5.73 Å². The molecule has 82 valence electrons. The fraction of sp³-hybridized carbons (Fsp3) is 0.214. The Morgan fingerprint density at radius 2 is 1.81 bits per heavy atom. The van der Waals surface area contributed by atoms with Crippen LogP contribution in [0, 0.1) is 6.92 Å². The van der Waals surface area contributed by atoms with E-state index in [4.69, 9.17) is 5.73 Å². The summed E-state index contributed by atoms with van der Waals surface area (Å²) in [6, 6.07) is 12.3. The van der Waals surface area contributed by atoms with Crippen molar-refractivity contribution in [1.29, 1.82) is 0 Å². The number of hydrogen-bond acceptors (Lipinski definition) is 2. The summed E-state index contributed by atoms with van der Waals surface area (Å²) in [4.78, 5) is 4.30. The number of nitrogen functional groups attached to an aromatic ring is 1. The number of nitrogens with zero attached hydrogens (tertiary/aromatic N) is 1. The third-order valence-electron chi connectivity index (χ3n) is 2.80. The summed E-state index contributed by atoms with van der Waals surface area (Å²) in [5, 5.41) is 0. The highest BCUT2D eigenvalue weighted by molar-refractivity contribution is 5.70. The Morgan fingerprint density at radius 1 is 1.06 bits per heavy atom. The van der Waals surface area contributed by atoms with Gasteiger partial charge in [0.1, 0.15) is 5.82 Å². The highest BCUT2D eigenvalue weighted by atomic mass is 14.8. The Balaban J connectivity index is 2.58. The summed E-state index contributed by atoms with van der Waals surface area (Å²) < 4.78 is 0. The summed E-state index contributed by atoms with van der Waals surface area (Å²) in [5.41, 5.74) is 10.4. The van der Waals surface area contributed by atoms with E-state index in [-0.39, 0.29) is 0 Å². The Kier molecular flexibility index (Phi) is 2.91. The Hall–Kier alpha value is -1.83. The first-order chi connectivity index (χ1) is 7.72. The van der Waals surface area contributed by atoms with E-state index in [9.17, 15) is 0 Å². The van der Waals surface area contributed by atoms with E-state index >= 15 is 0 Å². The second kappa shape index (κ2) is 4.35. The first kappa shape index (κ1) is 10.7. The molecule has 0 fully saturated rings. The van der Waals surface area contributed by atoms with Crippen LogP contribution in [0.15, 0.2) is 36.4 Å². The zero-order valence-electron chi connectivity index (χ0n) is 9.70. The van der Waals surface area contributed by atoms with Crippen LogP contribution in [0.5, 0.6) is 0 Å². The topological polar surface area (TPSA) is 38.9 Å². The average Bonchev–Trinajstić information content (AvgIpc) is 2.29. The summed E-state index contributed by atoms with van der Waals surface area (Å²) in [5.74, 6) is 0.579. The van der Waals surface area contributed by atoms with Gasteiger partial charge in [-0.15, -0.1) is 0 Å². The molecule has 0 radical (unpaired) electrons. The average molecular weight is 212 g/mol. The Morgan fingerprint density at radius 3 is 2.50 bits per heavy atom. The summed E-state index contributed by atoms with van der Waals surface area (Å²) in [6.45, 7) is 4.16. The number of anilines is 1. The largest absolute Gasteiger partial charge is 0.384 e. The number of benzene rings is 1. The monoisotopic (exact) mass is 212 g/mol. The van der Waals surface area contributed by atoms with E-state index in [1.165, 1.54) is 16.7 Å². The zero-order valence-corrected chi connectivity index (χ0v) is 9.70. The van der Waals surface area contributed by atoms with E-state index in [0.717, 1.165) is 12.1 Å². The minimum Gasteiger partial charge on any atom is -0.384 e. The van der Waals surface area contributed by atoms with E-state index in [1.807, 2.05) is 19.1 Å². The lowest BCUT2D eigenvalue weighted by atomic mass is 9.97. The fourth-order valence-corrected chi connectivity index (χ4v) is 1.96. The molecule has 0 spiro atoms. The van der Waals surface area contributed by atoms with Gasteiger partial charge in [-0.1, -0.05) is 31.2 Å². The molecule has 16 heavy (non-hydrogen) atoms. The molecule has 0 atom stereocenters. The molecule has 0 saturated carbocycles. The molecule has 0 aliphatic rings. The second-order valence-electron chi connectivity index (χ2n) is 3.88. The van der Waals surface area contributed by atoms with Gasteiger partial charge in [0.2, 0.25) is 0 Å². The van der Waals surface area contributed by atoms with Crippen LogP contribution in [0.25, 0.3) is 11.1 Å². The highest BCUT2D eigenvalue weighted by Gasteiger charge is 2.06. The number of hydrogen-bond donors (Lipinski definition) is 1. The summed E-state index contributed by atoms with van der Waals surface area (Å²) >= 11 is 0. The van der Waals surface area contributed by atoms with Crippen LogP contribution >= 0.6 is 0 Å². The van der Waals surface area contributed by atoms with Crippen LogP contribution in [-0.4, -0.2) is 4.98 Å². The van der Waals surface area contributed by atoms with Crippen LogP contribution in [0.1, 0.15) is 18.2 Å². The molecule has 0 saturated heterocycles. The van der Waals surface area contributed by atoms with Crippen LogP contribution in [0.2, 0.25) is 0 Å². The van der Waals surface area contributed by atoms with Gasteiger partial charge >= 0.3 is 0 Å². The van der Waals surface area contributed by atoms with Crippen LogP contribution in [0.4, 0.5) is 5.82 Å². The molecular formula is C14H16N2. The van der Waals surface area contributed by atoms with Gasteiger partial charge in [-0.25, -0.2) is 4.98 Å². The van der Waals surface area contributed by atoms with Crippen molar-refractivity contribution < 1.29 is 0 Å². The normalized spacial score (nSPS) is 10.4. The maximum absolute atomic E-state index is 5.67. The highest BCUT2D eigenvalue weighted by Crippen LogP contribution is 2.26. The van der Waals surface area contributed by atoms with Gasteiger partial charge in [0, 0.05) is 11.3 Å². The number of aryl methyl sites for hydroxylation is 2. The smallest absolute Gasteiger partial charge is 0.123 e. The first-order valence-electron chi connectivity index (χ1n) is 5.53. The van der Waals surface area contributed by atoms with Gasteiger partial charge in [0.25, 0.3) is 0 Å². The fourth-order valence-electron chi connectivity index (χ4n) is 1.96. The van der Waals surface area contributed by atoms with Crippen molar-refractivity contribution in [2.45, 2.75) is 20.3 Å². The second-order valence-corrected chi connectivity index (χ2v) is 3.88. The molecule has 2 nitrogen and oxygen atoms in total. The van der Waals surface area contributed by atoms with Crippen molar-refractivity contribution in [1.82, 2.24) is 4.98 Å².